The molecule has 1 amide bonds. The number of halogens is 1. The van der Waals surface area contributed by atoms with Gasteiger partial charge in [0.25, 0.3) is 0 Å². The number of aliphatic carboxylic acids is 1. The van der Waals surface area contributed by atoms with Crippen LogP contribution in [-0.4, -0.2) is 30.3 Å². The van der Waals surface area contributed by atoms with Gasteiger partial charge in [0.05, 0.1) is 5.92 Å². The highest BCUT2D eigenvalue weighted by Gasteiger charge is 2.29. The third-order valence-corrected chi connectivity index (χ3v) is 5.89. The van der Waals surface area contributed by atoms with Crippen LogP contribution in [0, 0.1) is 0 Å². The van der Waals surface area contributed by atoms with Crippen LogP contribution in [0.1, 0.15) is 28.5 Å². The first-order valence-corrected chi connectivity index (χ1v) is 10.4. The summed E-state index contributed by atoms with van der Waals surface area (Å²) in [5.41, 5.74) is 5.19. The minimum Gasteiger partial charge on any atom is -0.481 e. The number of hydrogen-bond donors (Lipinski definition) is 2. The van der Waals surface area contributed by atoms with Crippen LogP contribution in [0.5, 0.6) is 0 Å². The molecule has 152 valence electrons. The minimum absolute atomic E-state index is 0.0371. The molecule has 1 aliphatic rings. The van der Waals surface area contributed by atoms with E-state index in [2.05, 4.69) is 45.5 Å². The zero-order chi connectivity index (χ0) is 21.1. The summed E-state index contributed by atoms with van der Waals surface area (Å²) in [5.74, 6) is -1.89. The number of nitrogens with one attached hydrogen (secondary N) is 1. The molecule has 0 bridgehead atoms. The van der Waals surface area contributed by atoms with Gasteiger partial charge >= 0.3 is 12.1 Å². The molecule has 1 atom stereocenters. The molecule has 0 saturated heterocycles. The SMILES string of the molecule is O=C(NCC(C(=O)O)c1ccc(Br)cc1)OCC1c2ccccc2-c2ccccc21. The van der Waals surface area contributed by atoms with Gasteiger partial charge in [0.15, 0.2) is 0 Å². The van der Waals surface area contributed by atoms with Crippen LogP contribution < -0.4 is 5.32 Å². The summed E-state index contributed by atoms with van der Waals surface area (Å²) < 4.78 is 6.34. The summed E-state index contributed by atoms with van der Waals surface area (Å²) in [6, 6.07) is 23.2. The van der Waals surface area contributed by atoms with E-state index in [1.54, 1.807) is 24.3 Å². The van der Waals surface area contributed by atoms with Gasteiger partial charge in [0, 0.05) is 16.9 Å². The van der Waals surface area contributed by atoms with Gasteiger partial charge in [0.1, 0.15) is 6.61 Å². The Morgan fingerprint density at radius 3 is 2.07 bits per heavy atom. The third kappa shape index (κ3) is 4.09. The van der Waals surface area contributed by atoms with Crippen molar-refractivity contribution in [3.8, 4) is 11.1 Å². The predicted molar refractivity (Wildman–Crippen MR) is 118 cm³/mol. The topological polar surface area (TPSA) is 75.6 Å². The average molecular weight is 466 g/mol. The number of alkyl carbamates (subject to hydrolysis) is 1. The fourth-order valence-electron chi connectivity index (χ4n) is 3.88. The van der Waals surface area contributed by atoms with Gasteiger partial charge in [-0.15, -0.1) is 0 Å². The molecule has 0 radical (unpaired) electrons. The molecule has 1 aliphatic carbocycles. The number of hydrogen-bond acceptors (Lipinski definition) is 3. The van der Waals surface area contributed by atoms with Crippen LogP contribution in [0.3, 0.4) is 0 Å². The fourth-order valence-corrected chi connectivity index (χ4v) is 4.14. The van der Waals surface area contributed by atoms with Crippen molar-refractivity contribution in [2.45, 2.75) is 11.8 Å². The van der Waals surface area contributed by atoms with E-state index in [4.69, 9.17) is 4.74 Å². The zero-order valence-corrected chi connectivity index (χ0v) is 17.6. The van der Waals surface area contributed by atoms with E-state index in [0.717, 1.165) is 26.7 Å². The molecule has 3 aromatic carbocycles. The number of amides is 1. The Balaban J connectivity index is 1.40. The van der Waals surface area contributed by atoms with E-state index in [1.807, 2.05) is 24.3 Å². The van der Waals surface area contributed by atoms with E-state index < -0.39 is 18.0 Å². The highest BCUT2D eigenvalue weighted by molar-refractivity contribution is 9.10. The number of fused-ring (bicyclic) bond motifs is 3. The second-order valence-electron chi connectivity index (χ2n) is 7.15. The third-order valence-electron chi connectivity index (χ3n) is 5.36. The van der Waals surface area contributed by atoms with Gasteiger partial charge in [-0.05, 0) is 39.9 Å². The van der Waals surface area contributed by atoms with Crippen molar-refractivity contribution in [1.82, 2.24) is 5.32 Å². The van der Waals surface area contributed by atoms with Crippen molar-refractivity contribution < 1.29 is 19.4 Å². The lowest BCUT2D eigenvalue weighted by Gasteiger charge is -2.16. The largest absolute Gasteiger partial charge is 0.481 e. The number of carbonyl (C=O) groups is 2. The lowest BCUT2D eigenvalue weighted by Crippen LogP contribution is -2.32. The van der Waals surface area contributed by atoms with Crippen LogP contribution in [0.15, 0.2) is 77.3 Å². The van der Waals surface area contributed by atoms with Crippen LogP contribution >= 0.6 is 15.9 Å². The molecular weight excluding hydrogens is 446 g/mol. The Hall–Kier alpha value is -3.12. The molecular formula is C24H20BrNO4. The van der Waals surface area contributed by atoms with Gasteiger partial charge in [-0.3, -0.25) is 4.79 Å². The van der Waals surface area contributed by atoms with Crippen LogP contribution in [0.2, 0.25) is 0 Å². The Morgan fingerprint density at radius 1 is 0.933 bits per heavy atom. The summed E-state index contributed by atoms with van der Waals surface area (Å²) in [5, 5.41) is 12.1. The summed E-state index contributed by atoms with van der Waals surface area (Å²) in [7, 11) is 0. The van der Waals surface area contributed by atoms with E-state index in [0.29, 0.717) is 5.56 Å². The first-order valence-electron chi connectivity index (χ1n) is 9.61. The highest BCUT2D eigenvalue weighted by atomic mass is 79.9. The van der Waals surface area contributed by atoms with E-state index >= 15 is 0 Å². The van der Waals surface area contributed by atoms with Crippen molar-refractivity contribution >= 4 is 28.0 Å². The standard InChI is InChI=1S/C24H20BrNO4/c25-16-11-9-15(10-12-16)21(23(27)28)13-26-24(29)30-14-22-19-7-3-1-5-17(19)18-6-2-4-8-20(18)22/h1-12,21-22H,13-14H2,(H,26,29)(H,27,28). The zero-order valence-electron chi connectivity index (χ0n) is 16.0. The number of ether oxygens (including phenoxy) is 1. The summed E-state index contributed by atoms with van der Waals surface area (Å²) in [4.78, 5) is 23.9. The lowest BCUT2D eigenvalue weighted by molar-refractivity contribution is -0.138. The Kier molecular flexibility index (Phi) is 5.86. The predicted octanol–water partition coefficient (Wildman–Crippen LogP) is 5.16. The smallest absolute Gasteiger partial charge is 0.407 e. The molecule has 1 unspecified atom stereocenters. The van der Waals surface area contributed by atoms with Gasteiger partial charge in [0.2, 0.25) is 0 Å². The Morgan fingerprint density at radius 2 is 1.50 bits per heavy atom. The average Bonchev–Trinajstić information content (AvgIpc) is 3.07. The van der Waals surface area contributed by atoms with E-state index in [-0.39, 0.29) is 19.1 Å². The maximum Gasteiger partial charge on any atom is 0.407 e. The Bertz CT molecular complexity index is 1040. The first-order chi connectivity index (χ1) is 14.5. The van der Waals surface area contributed by atoms with Gasteiger partial charge in [-0.25, -0.2) is 4.79 Å². The molecule has 0 saturated carbocycles. The monoisotopic (exact) mass is 465 g/mol. The molecule has 3 aromatic rings. The first kappa shape index (κ1) is 20.2. The van der Waals surface area contributed by atoms with Gasteiger partial charge < -0.3 is 15.2 Å². The second kappa shape index (κ2) is 8.71. The van der Waals surface area contributed by atoms with Crippen molar-refractivity contribution in [3.63, 3.8) is 0 Å². The van der Waals surface area contributed by atoms with Crippen molar-refractivity contribution in [3.05, 3.63) is 94.0 Å². The molecule has 0 spiro atoms. The molecule has 0 heterocycles. The summed E-state index contributed by atoms with van der Waals surface area (Å²) >= 11 is 3.33. The van der Waals surface area contributed by atoms with Gasteiger partial charge in [-0.1, -0.05) is 76.6 Å². The second-order valence-corrected chi connectivity index (χ2v) is 8.06. The molecule has 2 N–H and O–H groups in total. The van der Waals surface area contributed by atoms with E-state index in [1.165, 1.54) is 0 Å². The fraction of sp³-hybridized carbons (Fsp3) is 0.167. The maximum absolute atomic E-state index is 12.3. The number of carbonyl (C=O) groups excluding carboxylic acids is 1. The van der Waals surface area contributed by atoms with Crippen molar-refractivity contribution in [2.24, 2.45) is 0 Å². The normalized spacial score (nSPS) is 13.2. The van der Waals surface area contributed by atoms with Crippen LogP contribution in [-0.2, 0) is 9.53 Å². The molecule has 30 heavy (non-hydrogen) atoms. The molecule has 5 nitrogen and oxygen atoms in total. The summed E-state index contributed by atoms with van der Waals surface area (Å²) in [6.45, 7) is 0.142. The van der Waals surface area contributed by atoms with Crippen LogP contribution in [0.25, 0.3) is 11.1 Å². The van der Waals surface area contributed by atoms with Crippen LogP contribution in [0.4, 0.5) is 4.79 Å². The lowest BCUT2D eigenvalue weighted by atomic mass is 9.98. The Labute approximate surface area is 182 Å². The molecule has 6 heteroatoms. The number of rotatable bonds is 6. The summed E-state index contributed by atoms with van der Waals surface area (Å²) in [6.07, 6.45) is -0.625. The minimum atomic E-state index is -1.00. The maximum atomic E-state index is 12.3. The van der Waals surface area contributed by atoms with E-state index in [9.17, 15) is 14.7 Å². The number of carboxylic acids is 1. The molecule has 4 rings (SSSR count). The molecule has 0 aliphatic heterocycles. The molecule has 0 aromatic heterocycles. The highest BCUT2D eigenvalue weighted by Crippen LogP contribution is 2.44. The van der Waals surface area contributed by atoms with Crippen molar-refractivity contribution in [1.29, 1.82) is 0 Å². The molecule has 0 fully saturated rings. The number of carboxylic acid groups (broad SMARTS) is 1. The van der Waals surface area contributed by atoms with Gasteiger partial charge in [-0.2, -0.15) is 0 Å². The number of benzene rings is 3. The van der Waals surface area contributed by atoms with Crippen molar-refractivity contribution in [2.75, 3.05) is 13.2 Å². The quantitative estimate of drug-likeness (QED) is 0.527.